The minimum Gasteiger partial charge on any atom is -0.493 e. The fourth-order valence-corrected chi connectivity index (χ4v) is 3.58. The zero-order valence-corrected chi connectivity index (χ0v) is 16.2. The van der Waals surface area contributed by atoms with Crippen LogP contribution in [0.3, 0.4) is 0 Å². The Balaban J connectivity index is 1.35. The van der Waals surface area contributed by atoms with Gasteiger partial charge >= 0.3 is 12.0 Å². The van der Waals surface area contributed by atoms with Crippen molar-refractivity contribution in [3.8, 4) is 17.5 Å². The average molecular weight is 402 g/mol. The summed E-state index contributed by atoms with van der Waals surface area (Å²) in [6, 6.07) is 13.1. The molecule has 3 heterocycles. The molecular weight excluding hydrogens is 384 g/mol. The van der Waals surface area contributed by atoms with Gasteiger partial charge in [-0.05, 0) is 60.5 Å². The van der Waals surface area contributed by atoms with Crippen LogP contribution in [0.4, 0.5) is 10.5 Å². The largest absolute Gasteiger partial charge is 0.493 e. The highest BCUT2D eigenvalue weighted by molar-refractivity contribution is 6.21. The number of carbonyl (C=O) groups is 2. The minimum atomic E-state index is -0.722. The normalized spacial score (nSPS) is 17.5. The van der Waals surface area contributed by atoms with Gasteiger partial charge in [-0.1, -0.05) is 6.07 Å². The summed E-state index contributed by atoms with van der Waals surface area (Å²) in [4.78, 5) is 34.9. The Morgan fingerprint density at radius 3 is 2.77 bits per heavy atom. The van der Waals surface area contributed by atoms with Crippen molar-refractivity contribution in [3.05, 3.63) is 71.5 Å². The van der Waals surface area contributed by atoms with Gasteiger partial charge < -0.3 is 14.8 Å². The van der Waals surface area contributed by atoms with E-state index in [4.69, 9.17) is 9.47 Å². The summed E-state index contributed by atoms with van der Waals surface area (Å²) in [7, 11) is 0. The molecule has 2 aliphatic heterocycles. The van der Waals surface area contributed by atoms with Crippen LogP contribution in [-0.4, -0.2) is 28.5 Å². The van der Waals surface area contributed by atoms with E-state index in [2.05, 4.69) is 15.3 Å². The lowest BCUT2D eigenvalue weighted by atomic mass is 10.0. The third kappa shape index (κ3) is 3.22. The molecule has 8 heteroatoms. The van der Waals surface area contributed by atoms with Crippen molar-refractivity contribution in [1.29, 1.82) is 0 Å². The van der Waals surface area contributed by atoms with E-state index >= 15 is 0 Å². The molecule has 3 aromatic rings. The molecule has 1 N–H and O–H groups in total. The molecule has 1 unspecified atom stereocenters. The molecule has 150 valence electrons. The molecule has 30 heavy (non-hydrogen) atoms. The van der Waals surface area contributed by atoms with E-state index in [1.54, 1.807) is 36.5 Å². The fourth-order valence-electron chi connectivity index (χ4n) is 3.58. The van der Waals surface area contributed by atoms with Crippen LogP contribution >= 0.6 is 0 Å². The van der Waals surface area contributed by atoms with E-state index in [0.717, 1.165) is 33.9 Å². The summed E-state index contributed by atoms with van der Waals surface area (Å²) in [6.07, 6.45) is 2.42. The SMILES string of the molecule is Cc1ccnc(Oc2ccc(N3C(=O)NC(c4ccc5c(c4)CCO5)C3=O)cc2)n1. The lowest BCUT2D eigenvalue weighted by Gasteiger charge is -2.14. The predicted octanol–water partition coefficient (Wildman–Crippen LogP) is 3.31. The number of fused-ring (bicyclic) bond motifs is 1. The van der Waals surface area contributed by atoms with Gasteiger partial charge in [0.25, 0.3) is 5.91 Å². The molecule has 0 spiro atoms. The maximum Gasteiger partial charge on any atom is 0.329 e. The molecule has 3 amide bonds. The maximum absolute atomic E-state index is 13.0. The first-order chi connectivity index (χ1) is 14.6. The quantitative estimate of drug-likeness (QED) is 0.673. The molecular formula is C22H18N4O4. The third-order valence-electron chi connectivity index (χ3n) is 5.06. The van der Waals surface area contributed by atoms with Gasteiger partial charge in [-0.25, -0.2) is 19.7 Å². The summed E-state index contributed by atoms with van der Waals surface area (Å²) in [5.74, 6) is 1.02. The number of carbonyl (C=O) groups excluding carboxylic acids is 2. The van der Waals surface area contributed by atoms with Gasteiger partial charge in [0.05, 0.1) is 12.3 Å². The van der Waals surface area contributed by atoms with Crippen molar-refractivity contribution >= 4 is 17.6 Å². The van der Waals surface area contributed by atoms with E-state index in [0.29, 0.717) is 18.0 Å². The number of nitrogens with one attached hydrogen (secondary N) is 1. The molecule has 1 atom stereocenters. The van der Waals surface area contributed by atoms with Crippen LogP contribution in [-0.2, 0) is 11.2 Å². The Labute approximate surface area is 172 Å². The Morgan fingerprint density at radius 2 is 1.97 bits per heavy atom. The van der Waals surface area contributed by atoms with E-state index < -0.39 is 12.1 Å². The van der Waals surface area contributed by atoms with Crippen LogP contribution in [0.15, 0.2) is 54.7 Å². The maximum atomic E-state index is 13.0. The third-order valence-corrected chi connectivity index (χ3v) is 5.06. The van der Waals surface area contributed by atoms with Crippen molar-refractivity contribution in [2.24, 2.45) is 0 Å². The van der Waals surface area contributed by atoms with Gasteiger partial charge in [0.15, 0.2) is 0 Å². The van der Waals surface area contributed by atoms with Crippen molar-refractivity contribution in [3.63, 3.8) is 0 Å². The van der Waals surface area contributed by atoms with E-state index in [-0.39, 0.29) is 11.9 Å². The zero-order valence-electron chi connectivity index (χ0n) is 16.2. The Bertz CT molecular complexity index is 1150. The zero-order chi connectivity index (χ0) is 20.7. The molecule has 0 bridgehead atoms. The highest BCUT2D eigenvalue weighted by atomic mass is 16.5. The number of rotatable bonds is 4. The number of hydrogen-bond acceptors (Lipinski definition) is 6. The molecule has 1 aromatic heterocycles. The van der Waals surface area contributed by atoms with Crippen molar-refractivity contribution in [1.82, 2.24) is 15.3 Å². The van der Waals surface area contributed by atoms with Crippen molar-refractivity contribution in [2.75, 3.05) is 11.5 Å². The molecule has 8 nitrogen and oxygen atoms in total. The van der Waals surface area contributed by atoms with Gasteiger partial charge in [0.1, 0.15) is 17.5 Å². The Hall–Kier alpha value is -3.94. The highest BCUT2D eigenvalue weighted by Gasteiger charge is 2.40. The molecule has 0 radical (unpaired) electrons. The second kappa shape index (κ2) is 7.14. The van der Waals surface area contributed by atoms with Crippen LogP contribution < -0.4 is 19.7 Å². The van der Waals surface area contributed by atoms with Crippen molar-refractivity contribution in [2.45, 2.75) is 19.4 Å². The van der Waals surface area contributed by atoms with Gasteiger partial charge in [-0.15, -0.1) is 0 Å². The fraction of sp³-hybridized carbons (Fsp3) is 0.182. The monoisotopic (exact) mass is 402 g/mol. The summed E-state index contributed by atoms with van der Waals surface area (Å²) < 4.78 is 11.1. The van der Waals surface area contributed by atoms with Gasteiger partial charge in [-0.2, -0.15) is 0 Å². The average Bonchev–Trinajstić information content (AvgIpc) is 3.32. The summed E-state index contributed by atoms with van der Waals surface area (Å²) in [5.41, 5.74) is 3.05. The number of urea groups is 1. The number of imide groups is 1. The summed E-state index contributed by atoms with van der Waals surface area (Å²) in [6.45, 7) is 2.48. The number of anilines is 1. The minimum absolute atomic E-state index is 0.235. The lowest BCUT2D eigenvalue weighted by molar-refractivity contribution is -0.118. The van der Waals surface area contributed by atoms with Crippen LogP contribution in [0.1, 0.15) is 22.9 Å². The second-order valence-corrected chi connectivity index (χ2v) is 7.10. The highest BCUT2D eigenvalue weighted by Crippen LogP contribution is 2.32. The van der Waals surface area contributed by atoms with Crippen LogP contribution in [0.25, 0.3) is 0 Å². The molecule has 2 aromatic carbocycles. The number of aryl methyl sites for hydroxylation is 1. The Kier molecular flexibility index (Phi) is 4.31. The molecule has 1 saturated heterocycles. The first-order valence-corrected chi connectivity index (χ1v) is 9.56. The first kappa shape index (κ1) is 18.1. The van der Waals surface area contributed by atoms with Gasteiger partial charge in [0.2, 0.25) is 0 Å². The number of hydrogen-bond donors (Lipinski definition) is 1. The molecule has 1 fully saturated rings. The number of amides is 3. The number of benzene rings is 2. The first-order valence-electron chi connectivity index (χ1n) is 9.56. The smallest absolute Gasteiger partial charge is 0.329 e. The van der Waals surface area contributed by atoms with E-state index in [9.17, 15) is 9.59 Å². The lowest BCUT2D eigenvalue weighted by Crippen LogP contribution is -2.30. The van der Waals surface area contributed by atoms with Gasteiger partial charge in [0, 0.05) is 18.3 Å². The summed E-state index contributed by atoms with van der Waals surface area (Å²) >= 11 is 0. The van der Waals surface area contributed by atoms with Crippen molar-refractivity contribution < 1.29 is 19.1 Å². The molecule has 5 rings (SSSR count). The van der Waals surface area contributed by atoms with Crippen LogP contribution in [0.5, 0.6) is 17.5 Å². The second-order valence-electron chi connectivity index (χ2n) is 7.10. The molecule has 2 aliphatic rings. The van der Waals surface area contributed by atoms with Gasteiger partial charge in [-0.3, -0.25) is 4.79 Å². The predicted molar refractivity (Wildman–Crippen MR) is 108 cm³/mol. The van der Waals surface area contributed by atoms with E-state index in [1.165, 1.54) is 0 Å². The Morgan fingerprint density at radius 1 is 1.13 bits per heavy atom. The number of nitrogens with zero attached hydrogens (tertiary/aromatic N) is 3. The van der Waals surface area contributed by atoms with Crippen LogP contribution in [0.2, 0.25) is 0 Å². The van der Waals surface area contributed by atoms with Crippen LogP contribution in [0, 0.1) is 6.92 Å². The molecule has 0 saturated carbocycles. The number of ether oxygens (including phenoxy) is 2. The topological polar surface area (TPSA) is 93.6 Å². The molecule has 0 aliphatic carbocycles. The summed E-state index contributed by atoms with van der Waals surface area (Å²) in [5, 5.41) is 2.77. The number of aromatic nitrogens is 2. The van der Waals surface area contributed by atoms with E-state index in [1.807, 2.05) is 25.1 Å². The standard InChI is InChI=1S/C22H18N4O4/c1-13-8-10-23-21(24-13)30-17-5-3-16(4-6-17)26-20(27)19(25-22(26)28)15-2-7-18-14(12-15)9-11-29-18/h2-8,10,12,19H,9,11H2,1H3,(H,25,28).